The van der Waals surface area contributed by atoms with Crippen molar-refractivity contribution in [1.82, 2.24) is 39.9 Å². The number of benzene rings is 4. The molecule has 111 heavy (non-hydrogen) atoms. The molecule has 0 aliphatic carbocycles. The standard InChI is InChI=1S/C23H28F2N2O2Si.C18H25ClFNO2Si.C18H18FN3O2.C17H14F2N2O2.C5H5BFNO2/c1-23(2,3)30(4,5)29-19(13-24)15-28-18-8-10-20-16(12-18)6-9-21(27-20)17-7-11-22(25)26-14-17;1-18(2,3)24(4,5)23-15(11-20)12-22-14-7-8-16-13(10-14)6-9-17(19)21-16;1-20-18-7-3-13(10-21-18)17-5-2-12-8-15(4-6-16(12)22-17)24-11-14(23)9-19;18-8-13(22)10-23-14-3-5-15-11(7-14)1-4-16(21-15)12-2-6-17(19)20-9-12;7-5-2-1-4(3-8-5)6(9)10/h6-12,14,19H,13,15H2,1-5H3;6-10,15H,11-12H2,1-5H3;2-8,10,14,23H,9,11H2,1H3,(H,20,21);1-7,9,13,22H,8,10H2;1-3,9-10H. The van der Waals surface area contributed by atoms with Gasteiger partial charge in [-0.15, -0.1) is 0 Å². The zero-order valence-electron chi connectivity index (χ0n) is 63.4. The summed E-state index contributed by atoms with van der Waals surface area (Å²) in [6.45, 7) is 18.6. The molecule has 0 amide bonds. The third-order valence-electron chi connectivity index (χ3n) is 18.0. The highest BCUT2D eigenvalue weighted by Gasteiger charge is 2.40. The Morgan fingerprint density at radius 3 is 1.05 bits per heavy atom. The quantitative estimate of drug-likeness (QED) is 0.0203. The van der Waals surface area contributed by atoms with Gasteiger partial charge in [0, 0.05) is 75.5 Å². The van der Waals surface area contributed by atoms with Gasteiger partial charge in [-0.1, -0.05) is 77.4 Å². The maximum absolute atomic E-state index is 13.5. The van der Waals surface area contributed by atoms with E-state index in [4.69, 9.17) is 54.6 Å². The zero-order valence-corrected chi connectivity index (χ0v) is 66.1. The van der Waals surface area contributed by atoms with Crippen LogP contribution in [0.15, 0.2) is 195 Å². The van der Waals surface area contributed by atoms with E-state index >= 15 is 0 Å². The van der Waals surface area contributed by atoms with Crippen LogP contribution in [0.5, 0.6) is 23.0 Å². The predicted molar refractivity (Wildman–Crippen MR) is 427 cm³/mol. The number of fused-ring (bicyclic) bond motifs is 4. The van der Waals surface area contributed by atoms with E-state index in [0.29, 0.717) is 39.5 Å². The summed E-state index contributed by atoms with van der Waals surface area (Å²) in [4.78, 5) is 32.8. The normalized spacial score (nSPS) is 12.7. The second-order valence-electron chi connectivity index (χ2n) is 28.5. The molecule has 12 aromatic rings. The number of pyridine rings is 8. The average Bonchev–Trinajstić information content (AvgIpc) is 0.819. The van der Waals surface area contributed by atoms with Crippen LogP contribution in [0.4, 0.5) is 36.6 Å². The third kappa shape index (κ3) is 26.1. The molecule has 0 spiro atoms. The first-order chi connectivity index (χ1) is 52.7. The number of rotatable bonds is 25. The number of aliphatic hydroxyl groups is 2. The molecule has 4 unspecified atom stereocenters. The van der Waals surface area contributed by atoms with Crippen molar-refractivity contribution in [2.24, 2.45) is 0 Å². The van der Waals surface area contributed by atoms with E-state index in [-0.39, 0.29) is 42.0 Å². The third-order valence-corrected chi connectivity index (χ3v) is 27.3. The summed E-state index contributed by atoms with van der Waals surface area (Å²) in [6.07, 6.45) is 2.36. The highest BCUT2D eigenvalue weighted by atomic mass is 35.5. The second-order valence-corrected chi connectivity index (χ2v) is 38.4. The van der Waals surface area contributed by atoms with Gasteiger partial charge in [-0.2, -0.15) is 13.2 Å². The van der Waals surface area contributed by atoms with Crippen molar-refractivity contribution >= 4 is 90.2 Å². The van der Waals surface area contributed by atoms with Crippen molar-refractivity contribution < 1.29 is 78.8 Å². The van der Waals surface area contributed by atoms with Crippen molar-refractivity contribution in [1.29, 1.82) is 0 Å². The summed E-state index contributed by atoms with van der Waals surface area (Å²) in [5.74, 6) is 1.52. The van der Waals surface area contributed by atoms with Gasteiger partial charge in [0.05, 0.1) is 39.1 Å². The number of nitrogens with zero attached hydrogens (tertiary/aromatic N) is 8. The van der Waals surface area contributed by atoms with Gasteiger partial charge in [0.25, 0.3) is 0 Å². The summed E-state index contributed by atoms with van der Waals surface area (Å²) in [5, 5.41) is 42.4. The van der Waals surface area contributed by atoms with E-state index in [1.807, 2.05) is 104 Å². The lowest BCUT2D eigenvalue weighted by Crippen LogP contribution is -2.46. The van der Waals surface area contributed by atoms with E-state index < -0.39 is 92.7 Å². The van der Waals surface area contributed by atoms with Gasteiger partial charge in [-0.25, -0.2) is 57.4 Å². The fourth-order valence-corrected chi connectivity index (χ4v) is 12.6. The number of anilines is 1. The molecule has 0 fully saturated rings. The number of aliphatic hydroxyl groups excluding tert-OH is 2. The van der Waals surface area contributed by atoms with Crippen LogP contribution in [0.1, 0.15) is 41.5 Å². The number of aromatic nitrogens is 8. The molecule has 0 saturated heterocycles. The first kappa shape index (κ1) is 86.8. The van der Waals surface area contributed by atoms with E-state index in [1.165, 1.54) is 30.6 Å². The first-order valence-corrected chi connectivity index (χ1v) is 41.6. The summed E-state index contributed by atoms with van der Waals surface area (Å²) < 4.78 is 124. The van der Waals surface area contributed by atoms with Crippen LogP contribution in [0.25, 0.3) is 77.4 Å². The molecule has 0 radical (unpaired) electrons. The minimum absolute atomic E-state index is 0.00673. The highest BCUT2D eigenvalue weighted by molar-refractivity contribution is 6.74. The second kappa shape index (κ2) is 40.4. The Labute approximate surface area is 647 Å². The number of alkyl halides is 4. The molecule has 586 valence electrons. The Morgan fingerprint density at radius 1 is 0.414 bits per heavy atom. The lowest BCUT2D eigenvalue weighted by atomic mass is 9.82. The molecule has 12 rings (SSSR count). The molecule has 8 heterocycles. The Hall–Kier alpha value is -9.82. The molecule has 0 bridgehead atoms. The molecule has 30 heteroatoms. The van der Waals surface area contributed by atoms with Gasteiger partial charge in [0.15, 0.2) is 16.6 Å². The average molecular weight is 1590 g/mol. The first-order valence-electron chi connectivity index (χ1n) is 35.4. The number of nitrogens with one attached hydrogen (secondary N) is 1. The van der Waals surface area contributed by atoms with Crippen LogP contribution in [-0.4, -0.2) is 168 Å². The predicted octanol–water partition coefficient (Wildman–Crippen LogP) is 16.9. The highest BCUT2D eigenvalue weighted by Crippen LogP contribution is 2.39. The number of ether oxygens (including phenoxy) is 4. The van der Waals surface area contributed by atoms with E-state index in [9.17, 15) is 35.8 Å². The lowest BCUT2D eigenvalue weighted by molar-refractivity contribution is 0.0842. The molecule has 0 saturated carbocycles. The molecule has 8 aromatic heterocycles. The molecule has 5 N–H and O–H groups in total. The van der Waals surface area contributed by atoms with Crippen molar-refractivity contribution in [3.63, 3.8) is 0 Å². The molecular weight excluding hydrogens is 1490 g/mol. The van der Waals surface area contributed by atoms with Crippen LogP contribution in [-0.2, 0) is 8.85 Å². The van der Waals surface area contributed by atoms with Crippen molar-refractivity contribution in [2.45, 2.75) is 102 Å². The number of hydrogen-bond donors (Lipinski definition) is 5. The maximum atomic E-state index is 13.5. The Bertz CT molecular complexity index is 4940. The molecule has 4 aromatic carbocycles. The van der Waals surface area contributed by atoms with Crippen molar-refractivity contribution in [3.8, 4) is 56.8 Å². The molecule has 19 nitrogen and oxygen atoms in total. The Kier molecular flexibility index (Phi) is 31.6. The lowest BCUT2D eigenvalue weighted by Gasteiger charge is -2.38. The van der Waals surface area contributed by atoms with Gasteiger partial charge in [0.1, 0.15) is 112 Å². The maximum Gasteiger partial charge on any atom is 0.490 e. The Balaban J connectivity index is 0.000000179. The summed E-state index contributed by atoms with van der Waals surface area (Å²) in [6, 6.07) is 48.7. The van der Waals surface area contributed by atoms with Crippen LogP contribution in [0.3, 0.4) is 0 Å². The molecule has 4 atom stereocenters. The van der Waals surface area contributed by atoms with Crippen LogP contribution in [0, 0.1) is 17.8 Å². The van der Waals surface area contributed by atoms with Gasteiger partial charge >= 0.3 is 7.12 Å². The SMILES string of the molecule is CC(C)(C)[Si](C)(C)OC(CF)COc1ccc2nc(-c3ccc(F)nc3)ccc2c1.CC(C)(C)[Si](C)(C)OC(CF)COc1ccc2nc(Cl)ccc2c1.CNc1ccc(-c2ccc3cc(OCC(O)CF)ccc3n2)cn1.OB(O)c1ccc(F)nc1.OC(CF)COc1ccc2nc(-c3ccc(F)nc3)ccc2c1. The van der Waals surface area contributed by atoms with Gasteiger partial charge < -0.3 is 53.4 Å². The zero-order chi connectivity index (χ0) is 80.6. The van der Waals surface area contributed by atoms with Gasteiger partial charge in [-0.3, -0.25) is 0 Å². The van der Waals surface area contributed by atoms with Crippen LogP contribution >= 0.6 is 11.6 Å². The van der Waals surface area contributed by atoms with Gasteiger partial charge in [0.2, 0.25) is 17.8 Å². The minimum atomic E-state index is -2.07. The number of halogens is 8. The van der Waals surface area contributed by atoms with Crippen molar-refractivity contribution in [2.75, 3.05) is 65.5 Å². The van der Waals surface area contributed by atoms with E-state index in [2.05, 4.69) is 113 Å². The molecular formula is C81H90BClF7N9O10Si2. The minimum Gasteiger partial charge on any atom is -0.491 e. The molecule has 0 aliphatic heterocycles. The largest absolute Gasteiger partial charge is 0.491 e. The van der Waals surface area contributed by atoms with Gasteiger partial charge in [-0.05, 0) is 182 Å². The summed E-state index contributed by atoms with van der Waals surface area (Å²) in [7, 11) is -3.85. The Morgan fingerprint density at radius 2 is 0.748 bits per heavy atom. The number of hydrogen-bond acceptors (Lipinski definition) is 19. The van der Waals surface area contributed by atoms with Crippen LogP contribution in [0.2, 0.25) is 41.4 Å². The smallest absolute Gasteiger partial charge is 0.490 e. The van der Waals surface area contributed by atoms with E-state index in [1.54, 1.807) is 54.7 Å². The summed E-state index contributed by atoms with van der Waals surface area (Å²) in [5.41, 5.74) is 7.96. The van der Waals surface area contributed by atoms with Crippen LogP contribution < -0.4 is 29.7 Å². The molecule has 0 aliphatic rings. The van der Waals surface area contributed by atoms with E-state index in [0.717, 1.165) is 84.1 Å². The van der Waals surface area contributed by atoms with Crippen molar-refractivity contribution in [3.05, 3.63) is 218 Å². The summed E-state index contributed by atoms with van der Waals surface area (Å²) >= 11 is 5.88. The fraction of sp³-hybridized carbons (Fsp3) is 0.309. The monoisotopic (exact) mass is 1580 g/mol. The fourth-order valence-electron chi connectivity index (χ4n) is 9.78. The topological polar surface area (TPSA) is 251 Å².